The van der Waals surface area contributed by atoms with E-state index in [1.165, 1.54) is 14.2 Å². The van der Waals surface area contributed by atoms with Gasteiger partial charge in [-0.25, -0.2) is 0 Å². The molecule has 8 N–H and O–H groups in total. The standard InChI is InChI=1S/C15H31N3O5.C8H17NO4/c1-17-10(6-4-5-7-16)14(20)18-11-8-12(21-2)13(9-19)23-15(11)22-3;1-11-6-3-5(9)8(12-2)13-7(6)4-10/h10-13,15,17,19H,4-9,16H2,1-3H3,(H,18,20);5-8,10H,3-4,9H2,1-2H3/t10?,11?,12-,13?,15+;5?,6-,7?,8+/m00/s1. The van der Waals surface area contributed by atoms with Crippen molar-refractivity contribution in [2.24, 2.45) is 11.5 Å². The number of methoxy groups -OCH3 is 4. The number of amides is 1. The summed E-state index contributed by atoms with van der Waals surface area (Å²) < 4.78 is 31.8. The van der Waals surface area contributed by atoms with E-state index in [9.17, 15) is 9.90 Å². The molecule has 0 spiro atoms. The molecule has 0 saturated carbocycles. The van der Waals surface area contributed by atoms with Crippen LogP contribution in [0.1, 0.15) is 32.1 Å². The minimum Gasteiger partial charge on any atom is -0.394 e. The Hall–Kier alpha value is -0.970. The number of nitrogens with two attached hydrogens (primary N) is 2. The Bertz CT molecular complexity index is 592. The van der Waals surface area contributed by atoms with Crippen molar-refractivity contribution in [3.05, 3.63) is 0 Å². The Kier molecular flexibility index (Phi) is 16.8. The lowest BCUT2D eigenvalue weighted by Gasteiger charge is -2.40. The van der Waals surface area contributed by atoms with E-state index < -0.39 is 18.7 Å². The van der Waals surface area contributed by atoms with E-state index in [4.69, 9.17) is 45.0 Å². The third-order valence-electron chi connectivity index (χ3n) is 6.49. The summed E-state index contributed by atoms with van der Waals surface area (Å²) in [4.78, 5) is 12.4. The molecule has 0 aromatic heterocycles. The highest BCUT2D eigenvalue weighted by Gasteiger charge is 2.39. The van der Waals surface area contributed by atoms with Crippen molar-refractivity contribution in [3.63, 3.8) is 0 Å². The topological polar surface area (TPSA) is 189 Å². The average Bonchev–Trinajstić information content (AvgIpc) is 2.90. The van der Waals surface area contributed by atoms with Crippen LogP contribution in [0, 0.1) is 0 Å². The van der Waals surface area contributed by atoms with Gasteiger partial charge >= 0.3 is 0 Å². The number of aliphatic hydroxyl groups is 2. The Morgan fingerprint density at radius 1 is 0.944 bits per heavy atom. The molecule has 0 aliphatic carbocycles. The van der Waals surface area contributed by atoms with Crippen molar-refractivity contribution >= 4 is 5.91 Å². The molecule has 2 fully saturated rings. The van der Waals surface area contributed by atoms with Crippen LogP contribution in [0.5, 0.6) is 0 Å². The third-order valence-corrected chi connectivity index (χ3v) is 6.49. The van der Waals surface area contributed by atoms with Gasteiger partial charge in [0.1, 0.15) is 12.2 Å². The van der Waals surface area contributed by atoms with Gasteiger partial charge in [-0.05, 0) is 32.9 Å². The molecule has 36 heavy (non-hydrogen) atoms. The summed E-state index contributed by atoms with van der Waals surface area (Å²) in [6, 6.07) is -0.807. The van der Waals surface area contributed by atoms with Gasteiger partial charge < -0.3 is 60.7 Å². The van der Waals surface area contributed by atoms with Gasteiger partial charge in [0.15, 0.2) is 12.6 Å². The Balaban J connectivity index is 0.000000420. The van der Waals surface area contributed by atoms with E-state index in [-0.39, 0.29) is 55.6 Å². The molecule has 2 aliphatic heterocycles. The van der Waals surface area contributed by atoms with Gasteiger partial charge in [0.25, 0.3) is 0 Å². The molecule has 0 aromatic rings. The zero-order valence-corrected chi connectivity index (χ0v) is 22.3. The summed E-state index contributed by atoms with van der Waals surface area (Å²) in [5.41, 5.74) is 11.2. The van der Waals surface area contributed by atoms with Crippen molar-refractivity contribution in [2.45, 2.75) is 87.2 Å². The van der Waals surface area contributed by atoms with Gasteiger partial charge in [0.05, 0.1) is 43.5 Å². The molecule has 5 unspecified atom stereocenters. The zero-order chi connectivity index (χ0) is 27.1. The lowest BCUT2D eigenvalue weighted by Crippen LogP contribution is -2.58. The quantitative estimate of drug-likeness (QED) is 0.146. The molecule has 2 saturated heterocycles. The highest BCUT2D eigenvalue weighted by Crippen LogP contribution is 2.23. The number of hydrogen-bond donors (Lipinski definition) is 6. The largest absolute Gasteiger partial charge is 0.394 e. The number of aliphatic hydroxyl groups excluding tert-OH is 2. The summed E-state index contributed by atoms with van der Waals surface area (Å²) in [5.74, 6) is -0.0996. The number of hydrogen-bond acceptors (Lipinski definition) is 12. The zero-order valence-electron chi connectivity index (χ0n) is 22.3. The molecule has 0 aromatic carbocycles. The predicted octanol–water partition coefficient (Wildman–Crippen LogP) is -1.96. The van der Waals surface area contributed by atoms with E-state index in [0.717, 1.165) is 19.3 Å². The van der Waals surface area contributed by atoms with Gasteiger partial charge in [-0.3, -0.25) is 4.79 Å². The van der Waals surface area contributed by atoms with Crippen LogP contribution in [0.4, 0.5) is 0 Å². The first-order valence-electron chi connectivity index (χ1n) is 12.4. The fraction of sp³-hybridized carbons (Fsp3) is 0.957. The van der Waals surface area contributed by atoms with E-state index in [1.54, 1.807) is 21.3 Å². The van der Waals surface area contributed by atoms with Crippen molar-refractivity contribution in [3.8, 4) is 0 Å². The van der Waals surface area contributed by atoms with Gasteiger partial charge in [0, 0.05) is 34.9 Å². The molecule has 13 nitrogen and oxygen atoms in total. The minimum atomic E-state index is -0.607. The molecule has 9 atom stereocenters. The Morgan fingerprint density at radius 3 is 1.97 bits per heavy atom. The fourth-order valence-corrected chi connectivity index (χ4v) is 4.34. The summed E-state index contributed by atoms with van der Waals surface area (Å²) >= 11 is 0. The number of likely N-dealkylation sites (N-methyl/N-ethyl adjacent to an activating group) is 1. The number of carbonyl (C=O) groups excluding carboxylic acids is 1. The normalized spacial score (nSPS) is 33.4. The molecule has 2 rings (SSSR count). The molecular formula is C23H48N4O9. The van der Waals surface area contributed by atoms with E-state index in [1.807, 2.05) is 0 Å². The van der Waals surface area contributed by atoms with Gasteiger partial charge in [-0.15, -0.1) is 0 Å². The highest BCUT2D eigenvalue weighted by atomic mass is 16.7. The highest BCUT2D eigenvalue weighted by molar-refractivity contribution is 5.82. The van der Waals surface area contributed by atoms with E-state index in [2.05, 4.69) is 10.6 Å². The van der Waals surface area contributed by atoms with Crippen LogP contribution in [0.3, 0.4) is 0 Å². The van der Waals surface area contributed by atoms with Crippen molar-refractivity contribution in [1.82, 2.24) is 10.6 Å². The smallest absolute Gasteiger partial charge is 0.237 e. The Labute approximate surface area is 214 Å². The lowest BCUT2D eigenvalue weighted by molar-refractivity contribution is -0.236. The van der Waals surface area contributed by atoms with Crippen LogP contribution in [0.15, 0.2) is 0 Å². The first kappa shape index (κ1) is 33.1. The van der Waals surface area contributed by atoms with Gasteiger partial charge in [-0.2, -0.15) is 0 Å². The number of carbonyl (C=O) groups is 1. The SMILES string of the molecule is CNC(CCCCN)C(=O)NC1C[C@H](OC)C(CO)O[C@H]1OC.CO[C@@H]1OC(CO)[C@@H](OC)CC1N. The summed E-state index contributed by atoms with van der Waals surface area (Å²) in [7, 11) is 7.95. The molecule has 0 radical (unpaired) electrons. The van der Waals surface area contributed by atoms with E-state index in [0.29, 0.717) is 19.4 Å². The predicted molar refractivity (Wildman–Crippen MR) is 132 cm³/mol. The molecule has 2 heterocycles. The maximum Gasteiger partial charge on any atom is 0.237 e. The fourth-order valence-electron chi connectivity index (χ4n) is 4.34. The van der Waals surface area contributed by atoms with Gasteiger partial charge in [-0.1, -0.05) is 6.42 Å². The van der Waals surface area contributed by atoms with Crippen molar-refractivity contribution in [1.29, 1.82) is 0 Å². The summed E-state index contributed by atoms with van der Waals surface area (Å²) in [6.07, 6.45) is 1.38. The van der Waals surface area contributed by atoms with Crippen LogP contribution in [0.25, 0.3) is 0 Å². The Morgan fingerprint density at radius 2 is 1.50 bits per heavy atom. The number of nitrogens with one attached hydrogen (secondary N) is 2. The molecule has 0 bridgehead atoms. The third kappa shape index (κ3) is 10.1. The maximum absolute atomic E-state index is 12.4. The molecule has 13 heteroatoms. The van der Waals surface area contributed by atoms with Crippen LogP contribution in [-0.2, 0) is 33.2 Å². The second-order valence-corrected chi connectivity index (χ2v) is 8.85. The molecule has 1 amide bonds. The van der Waals surface area contributed by atoms with Crippen LogP contribution < -0.4 is 22.1 Å². The van der Waals surface area contributed by atoms with Gasteiger partial charge in [0.2, 0.25) is 5.91 Å². The summed E-state index contributed by atoms with van der Waals surface area (Å²) in [5, 5.41) is 24.3. The second kappa shape index (κ2) is 18.3. The van der Waals surface area contributed by atoms with Crippen LogP contribution in [-0.4, -0.2) is 126 Å². The lowest BCUT2D eigenvalue weighted by atomic mass is 9.99. The number of unbranched alkanes of at least 4 members (excludes halogenated alkanes) is 1. The molecule has 2 aliphatic rings. The van der Waals surface area contributed by atoms with Crippen molar-refractivity contribution in [2.75, 3.05) is 55.2 Å². The van der Waals surface area contributed by atoms with Crippen LogP contribution in [0.2, 0.25) is 0 Å². The molecule has 214 valence electrons. The maximum atomic E-state index is 12.4. The second-order valence-electron chi connectivity index (χ2n) is 8.85. The number of rotatable bonds is 13. The first-order valence-corrected chi connectivity index (χ1v) is 12.4. The number of ether oxygens (including phenoxy) is 6. The first-order chi connectivity index (χ1) is 17.3. The van der Waals surface area contributed by atoms with Crippen LogP contribution >= 0.6 is 0 Å². The van der Waals surface area contributed by atoms with E-state index >= 15 is 0 Å². The minimum absolute atomic E-state index is 0.0783. The van der Waals surface area contributed by atoms with Crippen molar-refractivity contribution < 1.29 is 43.4 Å². The monoisotopic (exact) mass is 524 g/mol. The summed E-state index contributed by atoms with van der Waals surface area (Å²) in [6.45, 7) is 0.390. The average molecular weight is 525 g/mol. The molecular weight excluding hydrogens is 476 g/mol.